The summed E-state index contributed by atoms with van der Waals surface area (Å²) >= 11 is 0. The van der Waals surface area contributed by atoms with E-state index in [4.69, 9.17) is 9.72 Å². The third-order valence-electron chi connectivity index (χ3n) is 5.87. The number of aromatic nitrogens is 3. The van der Waals surface area contributed by atoms with Crippen molar-refractivity contribution in [3.63, 3.8) is 0 Å². The Morgan fingerprint density at radius 3 is 2.90 bits per heavy atom. The summed E-state index contributed by atoms with van der Waals surface area (Å²) in [6.07, 6.45) is 6.10. The molecule has 6 heteroatoms. The summed E-state index contributed by atoms with van der Waals surface area (Å²) in [4.78, 5) is 19.7. The fourth-order valence-corrected chi connectivity index (χ4v) is 4.35. The number of carbonyl (C=O) groups is 1. The number of carbonyl (C=O) groups excluding carboxylic acids is 1. The molecule has 1 N–H and O–H groups in total. The van der Waals surface area contributed by atoms with Gasteiger partial charge in [-0.1, -0.05) is 6.07 Å². The van der Waals surface area contributed by atoms with Gasteiger partial charge in [0.05, 0.1) is 41.8 Å². The number of pyridine rings is 1. The van der Waals surface area contributed by atoms with Gasteiger partial charge >= 0.3 is 5.97 Å². The topological polar surface area (TPSA) is 71.1 Å². The van der Waals surface area contributed by atoms with Crippen LogP contribution in [-0.2, 0) is 4.74 Å². The van der Waals surface area contributed by atoms with Crippen molar-refractivity contribution in [2.24, 2.45) is 0 Å². The first-order valence-electron chi connectivity index (χ1n) is 9.87. The summed E-state index contributed by atoms with van der Waals surface area (Å²) in [6, 6.07) is 12.4. The molecule has 29 heavy (non-hydrogen) atoms. The number of ether oxygens (including phenoxy) is 1. The van der Waals surface area contributed by atoms with Gasteiger partial charge in [0.1, 0.15) is 0 Å². The van der Waals surface area contributed by atoms with Gasteiger partial charge < -0.3 is 9.64 Å². The van der Waals surface area contributed by atoms with Crippen LogP contribution in [0.3, 0.4) is 0 Å². The molecule has 0 radical (unpaired) electrons. The van der Waals surface area contributed by atoms with E-state index in [1.54, 1.807) is 12.3 Å². The van der Waals surface area contributed by atoms with Gasteiger partial charge in [-0.25, -0.2) is 4.79 Å². The first-order valence-corrected chi connectivity index (χ1v) is 9.87. The van der Waals surface area contributed by atoms with E-state index in [1.807, 2.05) is 30.5 Å². The van der Waals surface area contributed by atoms with Crippen LogP contribution in [0.1, 0.15) is 30.1 Å². The standard InChI is InChI=1S/C23H22N4O2/c1-14-4-3-9-27(14)17-11-19-21(24-13-17)8-6-18(23(28)29-2)22(19)15-5-7-20-16(10-15)12-25-26-20/h5-8,10-14H,3-4,9H2,1-2H3,(H,25,26)/t14-/m0/s1. The maximum atomic E-state index is 12.6. The lowest BCUT2D eigenvalue weighted by Crippen LogP contribution is -2.26. The summed E-state index contributed by atoms with van der Waals surface area (Å²) < 4.78 is 5.08. The quantitative estimate of drug-likeness (QED) is 0.523. The summed E-state index contributed by atoms with van der Waals surface area (Å²) in [5, 5.41) is 9.03. The number of anilines is 1. The summed E-state index contributed by atoms with van der Waals surface area (Å²) in [7, 11) is 1.41. The van der Waals surface area contributed by atoms with Gasteiger partial charge in [-0.2, -0.15) is 5.10 Å². The van der Waals surface area contributed by atoms with Crippen LogP contribution in [0.5, 0.6) is 0 Å². The zero-order valence-electron chi connectivity index (χ0n) is 16.5. The average molecular weight is 386 g/mol. The van der Waals surface area contributed by atoms with Crippen molar-refractivity contribution >= 4 is 33.5 Å². The van der Waals surface area contributed by atoms with Crippen molar-refractivity contribution in [3.8, 4) is 11.1 Å². The van der Waals surface area contributed by atoms with E-state index in [1.165, 1.54) is 20.0 Å². The highest BCUT2D eigenvalue weighted by Gasteiger charge is 2.23. The lowest BCUT2D eigenvalue weighted by atomic mass is 9.94. The molecule has 5 rings (SSSR count). The summed E-state index contributed by atoms with van der Waals surface area (Å²) in [6.45, 7) is 3.27. The maximum absolute atomic E-state index is 12.6. The highest BCUT2D eigenvalue weighted by Crippen LogP contribution is 2.36. The number of H-pyrrole nitrogens is 1. The minimum Gasteiger partial charge on any atom is -0.465 e. The lowest BCUT2D eigenvalue weighted by Gasteiger charge is -2.24. The monoisotopic (exact) mass is 386 g/mol. The average Bonchev–Trinajstić information content (AvgIpc) is 3.40. The summed E-state index contributed by atoms with van der Waals surface area (Å²) in [5.74, 6) is -0.353. The number of nitrogens with zero attached hydrogens (tertiary/aromatic N) is 3. The third kappa shape index (κ3) is 2.92. The molecule has 1 atom stereocenters. The van der Waals surface area contributed by atoms with E-state index in [2.05, 4.69) is 28.1 Å². The van der Waals surface area contributed by atoms with Crippen LogP contribution in [0.2, 0.25) is 0 Å². The van der Waals surface area contributed by atoms with E-state index in [0.717, 1.165) is 45.2 Å². The molecule has 0 amide bonds. The number of fused-ring (bicyclic) bond motifs is 2. The Hall–Kier alpha value is -3.41. The second-order valence-electron chi connectivity index (χ2n) is 7.60. The van der Waals surface area contributed by atoms with Crippen LogP contribution in [-0.4, -0.2) is 40.8 Å². The molecule has 6 nitrogen and oxygen atoms in total. The second-order valence-corrected chi connectivity index (χ2v) is 7.60. The van der Waals surface area contributed by atoms with Gasteiger partial charge in [0, 0.05) is 28.9 Å². The molecule has 1 aliphatic heterocycles. The van der Waals surface area contributed by atoms with Gasteiger partial charge in [0.25, 0.3) is 0 Å². The molecule has 0 bridgehead atoms. The van der Waals surface area contributed by atoms with Crippen LogP contribution in [0, 0.1) is 0 Å². The molecule has 1 saturated heterocycles. The molecule has 146 valence electrons. The van der Waals surface area contributed by atoms with Crippen molar-refractivity contribution in [1.82, 2.24) is 15.2 Å². The molecular formula is C23H22N4O2. The molecule has 3 heterocycles. The molecule has 0 spiro atoms. The number of esters is 1. The fourth-order valence-electron chi connectivity index (χ4n) is 4.35. The fraction of sp³-hybridized carbons (Fsp3) is 0.261. The van der Waals surface area contributed by atoms with Crippen LogP contribution >= 0.6 is 0 Å². The Morgan fingerprint density at radius 2 is 2.10 bits per heavy atom. The SMILES string of the molecule is COC(=O)c1ccc2ncc(N3CCC[C@@H]3C)cc2c1-c1ccc2[nH]ncc2c1. The first-order chi connectivity index (χ1) is 14.2. The Kier molecular flexibility index (Phi) is 4.19. The van der Waals surface area contributed by atoms with E-state index < -0.39 is 0 Å². The van der Waals surface area contributed by atoms with Crippen LogP contribution in [0.25, 0.3) is 32.9 Å². The number of benzene rings is 2. The van der Waals surface area contributed by atoms with E-state index in [-0.39, 0.29) is 5.97 Å². The number of methoxy groups -OCH3 is 1. The normalized spacial score (nSPS) is 16.6. The van der Waals surface area contributed by atoms with Gasteiger partial charge in [-0.3, -0.25) is 10.1 Å². The highest BCUT2D eigenvalue weighted by atomic mass is 16.5. The predicted octanol–water partition coefficient (Wildman–Crippen LogP) is 4.55. The molecule has 0 aliphatic carbocycles. The zero-order valence-corrected chi connectivity index (χ0v) is 16.5. The molecule has 1 aliphatic rings. The minimum absolute atomic E-state index is 0.353. The number of nitrogens with one attached hydrogen (secondary N) is 1. The van der Waals surface area contributed by atoms with Gasteiger partial charge in [0.15, 0.2) is 0 Å². The Bertz CT molecular complexity index is 1230. The van der Waals surface area contributed by atoms with Crippen LogP contribution in [0.15, 0.2) is 48.8 Å². The Balaban J connectivity index is 1.78. The van der Waals surface area contributed by atoms with Crippen molar-refractivity contribution in [3.05, 3.63) is 54.4 Å². The number of hydrogen-bond acceptors (Lipinski definition) is 5. The van der Waals surface area contributed by atoms with E-state index >= 15 is 0 Å². The van der Waals surface area contributed by atoms with E-state index in [0.29, 0.717) is 11.6 Å². The van der Waals surface area contributed by atoms with E-state index in [9.17, 15) is 4.79 Å². The van der Waals surface area contributed by atoms with Crippen molar-refractivity contribution in [2.75, 3.05) is 18.6 Å². The Morgan fingerprint density at radius 1 is 1.21 bits per heavy atom. The molecule has 1 fully saturated rings. The van der Waals surface area contributed by atoms with Crippen molar-refractivity contribution in [1.29, 1.82) is 0 Å². The Labute approximate surface area is 168 Å². The second kappa shape index (κ2) is 6.88. The molecule has 2 aromatic heterocycles. The zero-order chi connectivity index (χ0) is 20.0. The van der Waals surface area contributed by atoms with Crippen molar-refractivity contribution < 1.29 is 9.53 Å². The smallest absolute Gasteiger partial charge is 0.338 e. The molecular weight excluding hydrogens is 364 g/mol. The molecule has 2 aromatic carbocycles. The third-order valence-corrected chi connectivity index (χ3v) is 5.87. The number of aromatic amines is 1. The first kappa shape index (κ1) is 17.7. The van der Waals surface area contributed by atoms with Crippen molar-refractivity contribution in [2.45, 2.75) is 25.8 Å². The minimum atomic E-state index is -0.353. The molecule has 0 unspecified atom stereocenters. The molecule has 0 saturated carbocycles. The lowest BCUT2D eigenvalue weighted by molar-refractivity contribution is 0.0602. The highest BCUT2D eigenvalue weighted by molar-refractivity contribution is 6.08. The maximum Gasteiger partial charge on any atom is 0.338 e. The predicted molar refractivity (Wildman–Crippen MR) is 114 cm³/mol. The number of rotatable bonds is 3. The number of hydrogen-bond donors (Lipinski definition) is 1. The van der Waals surface area contributed by atoms with Gasteiger partial charge in [-0.15, -0.1) is 0 Å². The molecule has 4 aromatic rings. The van der Waals surface area contributed by atoms with Crippen LogP contribution in [0.4, 0.5) is 5.69 Å². The van der Waals surface area contributed by atoms with Gasteiger partial charge in [-0.05, 0) is 55.7 Å². The largest absolute Gasteiger partial charge is 0.465 e. The van der Waals surface area contributed by atoms with Crippen LogP contribution < -0.4 is 4.90 Å². The summed E-state index contributed by atoms with van der Waals surface area (Å²) in [5.41, 5.74) is 5.23. The van der Waals surface area contributed by atoms with Gasteiger partial charge in [0.2, 0.25) is 0 Å².